The Kier molecular flexibility index (Phi) is 2.79. The van der Waals surface area contributed by atoms with Crippen molar-refractivity contribution in [3.05, 3.63) is 48.3 Å². The summed E-state index contributed by atoms with van der Waals surface area (Å²) in [6.07, 6.45) is 3.46. The molecule has 2 N–H and O–H groups in total. The van der Waals surface area contributed by atoms with Crippen molar-refractivity contribution in [2.45, 2.75) is 6.54 Å². The summed E-state index contributed by atoms with van der Waals surface area (Å²) in [5, 5.41) is 0. The average Bonchev–Trinajstić information content (AvgIpc) is 2.43. The third-order valence-electron chi connectivity index (χ3n) is 2.99. The summed E-state index contributed by atoms with van der Waals surface area (Å²) in [6, 6.07) is 9.09. The minimum Gasteiger partial charge on any atom is -0.481 e. The summed E-state index contributed by atoms with van der Waals surface area (Å²) in [7, 11) is 0. The predicted octanol–water partition coefficient (Wildman–Crippen LogP) is 1.59. The molecule has 1 aromatic carbocycles. The lowest BCUT2D eigenvalue weighted by Gasteiger charge is -2.29. The number of nitrogens with zero attached hydrogens (tertiary/aromatic N) is 2. The Morgan fingerprint density at radius 1 is 1.37 bits per heavy atom. The molecular formula is C14H13N3O2. The molecular weight excluding hydrogens is 242 g/mol. The lowest BCUT2D eigenvalue weighted by Crippen LogP contribution is -2.38. The maximum atomic E-state index is 12.0. The topological polar surface area (TPSA) is 68.5 Å². The van der Waals surface area contributed by atoms with E-state index in [9.17, 15) is 4.79 Å². The van der Waals surface area contributed by atoms with Crippen LogP contribution in [0.5, 0.6) is 5.75 Å². The van der Waals surface area contributed by atoms with E-state index in [1.807, 2.05) is 12.1 Å². The molecule has 0 fully saturated rings. The van der Waals surface area contributed by atoms with E-state index in [1.165, 1.54) is 0 Å². The van der Waals surface area contributed by atoms with E-state index in [4.69, 9.17) is 10.5 Å². The Balaban J connectivity index is 1.95. The predicted molar refractivity (Wildman–Crippen MR) is 71.8 cm³/mol. The van der Waals surface area contributed by atoms with Gasteiger partial charge < -0.3 is 15.4 Å². The van der Waals surface area contributed by atoms with Gasteiger partial charge in [-0.15, -0.1) is 0 Å². The molecule has 0 bridgehead atoms. The lowest BCUT2D eigenvalue weighted by molar-refractivity contribution is -0.121. The van der Waals surface area contributed by atoms with Crippen LogP contribution in [0.2, 0.25) is 0 Å². The van der Waals surface area contributed by atoms with Crippen molar-refractivity contribution in [3.8, 4) is 5.75 Å². The van der Waals surface area contributed by atoms with Crippen LogP contribution >= 0.6 is 0 Å². The standard InChI is InChI=1S/C14H13N3O2/c15-11-3-4-12-13(6-11)19-9-14(18)17(12)8-10-2-1-5-16-7-10/h1-7H,8-9,15H2. The van der Waals surface area contributed by atoms with Gasteiger partial charge in [0.1, 0.15) is 5.75 Å². The van der Waals surface area contributed by atoms with Crippen LogP contribution in [0.1, 0.15) is 5.56 Å². The number of carbonyl (C=O) groups is 1. The highest BCUT2D eigenvalue weighted by Crippen LogP contribution is 2.34. The minimum atomic E-state index is -0.0684. The first-order valence-corrected chi connectivity index (χ1v) is 5.95. The van der Waals surface area contributed by atoms with Gasteiger partial charge in [-0.1, -0.05) is 6.07 Å². The van der Waals surface area contributed by atoms with Gasteiger partial charge in [0.2, 0.25) is 0 Å². The van der Waals surface area contributed by atoms with Crippen molar-refractivity contribution in [1.29, 1.82) is 0 Å². The molecule has 0 saturated heterocycles. The summed E-state index contributed by atoms with van der Waals surface area (Å²) < 4.78 is 5.40. The number of benzene rings is 1. The highest BCUT2D eigenvalue weighted by Gasteiger charge is 2.25. The molecule has 1 aliphatic heterocycles. The van der Waals surface area contributed by atoms with Crippen LogP contribution in [0.4, 0.5) is 11.4 Å². The summed E-state index contributed by atoms with van der Waals surface area (Å²) >= 11 is 0. The Morgan fingerprint density at radius 3 is 3.05 bits per heavy atom. The monoisotopic (exact) mass is 255 g/mol. The summed E-state index contributed by atoms with van der Waals surface area (Å²) in [5.41, 5.74) is 8.06. The quantitative estimate of drug-likeness (QED) is 0.827. The number of rotatable bonds is 2. The Morgan fingerprint density at radius 2 is 2.26 bits per heavy atom. The molecule has 5 heteroatoms. The molecule has 1 aliphatic rings. The van der Waals surface area contributed by atoms with E-state index in [-0.39, 0.29) is 12.5 Å². The summed E-state index contributed by atoms with van der Waals surface area (Å²) in [5.74, 6) is 0.574. The molecule has 0 atom stereocenters. The number of amides is 1. The number of ether oxygens (including phenoxy) is 1. The molecule has 0 spiro atoms. The van der Waals surface area contributed by atoms with E-state index < -0.39 is 0 Å². The van der Waals surface area contributed by atoms with Crippen LogP contribution in [0.3, 0.4) is 0 Å². The fourth-order valence-corrected chi connectivity index (χ4v) is 2.07. The first kappa shape index (κ1) is 11.5. The van der Waals surface area contributed by atoms with Gasteiger partial charge in [0.25, 0.3) is 5.91 Å². The SMILES string of the molecule is Nc1ccc2c(c1)OCC(=O)N2Cc1cccnc1. The van der Waals surface area contributed by atoms with Crippen molar-refractivity contribution in [3.63, 3.8) is 0 Å². The van der Waals surface area contributed by atoms with E-state index in [1.54, 1.807) is 35.5 Å². The second kappa shape index (κ2) is 4.61. The van der Waals surface area contributed by atoms with Gasteiger partial charge >= 0.3 is 0 Å². The Bertz CT molecular complexity index is 613. The number of nitrogen functional groups attached to an aromatic ring is 1. The highest BCUT2D eigenvalue weighted by molar-refractivity contribution is 5.98. The van der Waals surface area contributed by atoms with Crippen LogP contribution in [0.15, 0.2) is 42.7 Å². The van der Waals surface area contributed by atoms with Gasteiger partial charge in [0.05, 0.1) is 12.2 Å². The smallest absolute Gasteiger partial charge is 0.265 e. The molecule has 2 heterocycles. The average molecular weight is 255 g/mol. The third kappa shape index (κ3) is 2.22. The lowest BCUT2D eigenvalue weighted by atomic mass is 10.2. The Hall–Kier alpha value is -2.56. The number of carbonyl (C=O) groups excluding carboxylic acids is 1. The minimum absolute atomic E-state index is 0.0384. The van der Waals surface area contributed by atoms with Gasteiger partial charge in [-0.25, -0.2) is 0 Å². The molecule has 2 aromatic rings. The number of nitrogens with two attached hydrogens (primary N) is 1. The second-order valence-corrected chi connectivity index (χ2v) is 4.36. The molecule has 0 radical (unpaired) electrons. The van der Waals surface area contributed by atoms with Crippen LogP contribution < -0.4 is 15.4 Å². The fourth-order valence-electron chi connectivity index (χ4n) is 2.07. The molecule has 3 rings (SSSR count). The zero-order chi connectivity index (χ0) is 13.2. The van der Waals surface area contributed by atoms with Crippen molar-refractivity contribution in [1.82, 2.24) is 4.98 Å². The van der Waals surface area contributed by atoms with Crippen molar-refractivity contribution in [2.75, 3.05) is 17.2 Å². The van der Waals surface area contributed by atoms with Crippen molar-refractivity contribution >= 4 is 17.3 Å². The number of aromatic nitrogens is 1. The first-order chi connectivity index (χ1) is 9.24. The molecule has 0 aliphatic carbocycles. The molecule has 0 saturated carbocycles. The number of hydrogen-bond donors (Lipinski definition) is 1. The molecule has 1 amide bonds. The van der Waals surface area contributed by atoms with E-state index in [0.29, 0.717) is 18.0 Å². The van der Waals surface area contributed by atoms with Gasteiger partial charge in [-0.3, -0.25) is 9.78 Å². The van der Waals surface area contributed by atoms with Crippen LogP contribution in [0, 0.1) is 0 Å². The van der Waals surface area contributed by atoms with Gasteiger partial charge in [-0.2, -0.15) is 0 Å². The number of fused-ring (bicyclic) bond motifs is 1. The van der Waals surface area contributed by atoms with Crippen LogP contribution in [-0.4, -0.2) is 17.5 Å². The fraction of sp³-hybridized carbons (Fsp3) is 0.143. The van der Waals surface area contributed by atoms with E-state index in [2.05, 4.69) is 4.98 Å². The van der Waals surface area contributed by atoms with Gasteiger partial charge in [-0.05, 0) is 23.8 Å². The number of anilines is 2. The summed E-state index contributed by atoms with van der Waals surface area (Å²) in [4.78, 5) is 17.7. The maximum absolute atomic E-state index is 12.0. The molecule has 0 unspecified atom stereocenters. The normalized spacial score (nSPS) is 13.9. The highest BCUT2D eigenvalue weighted by atomic mass is 16.5. The molecule has 19 heavy (non-hydrogen) atoms. The van der Waals surface area contributed by atoms with Crippen LogP contribution in [-0.2, 0) is 11.3 Å². The number of hydrogen-bond acceptors (Lipinski definition) is 4. The molecule has 1 aromatic heterocycles. The van der Waals surface area contributed by atoms with Crippen molar-refractivity contribution in [2.24, 2.45) is 0 Å². The second-order valence-electron chi connectivity index (χ2n) is 4.36. The molecule has 5 nitrogen and oxygen atoms in total. The van der Waals surface area contributed by atoms with Crippen LogP contribution in [0.25, 0.3) is 0 Å². The van der Waals surface area contributed by atoms with Crippen molar-refractivity contribution < 1.29 is 9.53 Å². The zero-order valence-corrected chi connectivity index (χ0v) is 10.2. The maximum Gasteiger partial charge on any atom is 0.265 e. The molecule has 96 valence electrons. The van der Waals surface area contributed by atoms with Gasteiger partial charge in [0, 0.05) is 24.1 Å². The summed E-state index contributed by atoms with van der Waals surface area (Å²) in [6.45, 7) is 0.518. The largest absolute Gasteiger partial charge is 0.481 e. The van der Waals surface area contributed by atoms with E-state index in [0.717, 1.165) is 11.3 Å². The van der Waals surface area contributed by atoms with Gasteiger partial charge in [0.15, 0.2) is 6.61 Å². The van der Waals surface area contributed by atoms with E-state index >= 15 is 0 Å². The first-order valence-electron chi connectivity index (χ1n) is 5.95. The third-order valence-corrected chi connectivity index (χ3v) is 2.99. The number of pyridine rings is 1. The Labute approximate surface area is 110 Å². The zero-order valence-electron chi connectivity index (χ0n) is 10.2.